The number of benzene rings is 3. The summed E-state index contributed by atoms with van der Waals surface area (Å²) in [6, 6.07) is 25.0. The molecule has 0 aliphatic heterocycles. The van der Waals surface area contributed by atoms with E-state index < -0.39 is 0 Å². The number of carbonyl (C=O) groups excluding carboxylic acids is 2. The Morgan fingerprint density at radius 2 is 1.48 bits per heavy atom. The smallest absolute Gasteiger partial charge is 0.271 e. The number of carbonyl (C=O) groups is 2. The average molecular weight is 440 g/mol. The van der Waals surface area contributed by atoms with Gasteiger partial charge < -0.3 is 5.32 Å². The van der Waals surface area contributed by atoms with Crippen molar-refractivity contribution in [3.8, 4) is 11.1 Å². The van der Waals surface area contributed by atoms with Crippen LogP contribution in [0.2, 0.25) is 0 Å². The number of hydrazone groups is 1. The zero-order valence-electron chi connectivity index (χ0n) is 18.9. The monoisotopic (exact) mass is 439 g/mol. The summed E-state index contributed by atoms with van der Waals surface area (Å²) >= 11 is 0. The Morgan fingerprint density at radius 1 is 0.788 bits per heavy atom. The van der Waals surface area contributed by atoms with Crippen molar-refractivity contribution in [3.63, 3.8) is 0 Å². The zero-order chi connectivity index (χ0) is 23.0. The Kier molecular flexibility index (Phi) is 7.30. The minimum atomic E-state index is -0.268. The second-order valence-corrected chi connectivity index (χ2v) is 8.49. The van der Waals surface area contributed by atoms with Crippen LogP contribution in [-0.4, -0.2) is 17.5 Å². The fraction of sp³-hybridized carbons (Fsp3) is 0.250. The van der Waals surface area contributed by atoms with Crippen LogP contribution < -0.4 is 10.7 Å². The molecule has 1 aliphatic rings. The molecular formula is C28H29N3O2. The molecule has 0 saturated heterocycles. The molecule has 3 aromatic rings. The summed E-state index contributed by atoms with van der Waals surface area (Å²) in [6.07, 6.45) is 5.39. The van der Waals surface area contributed by atoms with Gasteiger partial charge in [-0.2, -0.15) is 5.10 Å². The van der Waals surface area contributed by atoms with Gasteiger partial charge in [0.05, 0.1) is 5.71 Å². The molecule has 5 nitrogen and oxygen atoms in total. The molecule has 1 aliphatic carbocycles. The van der Waals surface area contributed by atoms with E-state index >= 15 is 0 Å². The number of rotatable bonds is 6. The third kappa shape index (κ3) is 5.95. The second kappa shape index (κ2) is 10.7. The average Bonchev–Trinajstić information content (AvgIpc) is 2.88. The number of anilines is 1. The Labute approximate surface area is 194 Å². The number of hydrogen-bond acceptors (Lipinski definition) is 3. The molecule has 5 heteroatoms. The number of nitrogens with zero attached hydrogens (tertiary/aromatic N) is 1. The molecule has 2 amide bonds. The lowest BCUT2D eigenvalue weighted by Gasteiger charge is -2.20. The van der Waals surface area contributed by atoms with Crippen molar-refractivity contribution in [3.05, 3.63) is 90.0 Å². The zero-order valence-corrected chi connectivity index (χ0v) is 18.9. The highest BCUT2D eigenvalue weighted by Crippen LogP contribution is 2.25. The topological polar surface area (TPSA) is 70.6 Å². The molecule has 3 aromatic carbocycles. The van der Waals surface area contributed by atoms with Crippen molar-refractivity contribution in [2.45, 2.75) is 39.0 Å². The van der Waals surface area contributed by atoms with Gasteiger partial charge in [0.1, 0.15) is 0 Å². The standard InChI is InChI=1S/C28H29N3O2/c1-20(25-13-8-14-26(19-25)29-27(32)23-11-6-3-7-12-23)30-31-28(33)24-17-15-22(16-18-24)21-9-4-2-5-10-21/h2,4-5,8-10,13-19,23H,3,6-7,11-12H2,1H3,(H,29,32)(H,31,33)/b30-20-. The summed E-state index contributed by atoms with van der Waals surface area (Å²) in [6.45, 7) is 1.83. The highest BCUT2D eigenvalue weighted by Gasteiger charge is 2.21. The van der Waals surface area contributed by atoms with Crippen molar-refractivity contribution in [1.29, 1.82) is 0 Å². The van der Waals surface area contributed by atoms with Gasteiger partial charge in [0, 0.05) is 17.2 Å². The molecule has 0 spiro atoms. The summed E-state index contributed by atoms with van der Waals surface area (Å²) < 4.78 is 0. The highest BCUT2D eigenvalue weighted by atomic mass is 16.2. The van der Waals surface area contributed by atoms with Gasteiger partial charge in [0.2, 0.25) is 5.91 Å². The van der Waals surface area contributed by atoms with Crippen molar-refractivity contribution in [2.75, 3.05) is 5.32 Å². The third-order valence-electron chi connectivity index (χ3n) is 6.10. The van der Waals surface area contributed by atoms with Crippen LogP contribution in [0.1, 0.15) is 54.9 Å². The van der Waals surface area contributed by atoms with Crippen LogP contribution in [0.5, 0.6) is 0 Å². The maximum Gasteiger partial charge on any atom is 0.271 e. The molecule has 0 unspecified atom stereocenters. The van der Waals surface area contributed by atoms with Crippen LogP contribution in [0.4, 0.5) is 5.69 Å². The Morgan fingerprint density at radius 3 is 2.21 bits per heavy atom. The first-order valence-electron chi connectivity index (χ1n) is 11.5. The third-order valence-corrected chi connectivity index (χ3v) is 6.10. The van der Waals surface area contributed by atoms with E-state index in [2.05, 4.69) is 15.8 Å². The van der Waals surface area contributed by atoms with Crippen LogP contribution in [0.3, 0.4) is 0 Å². The van der Waals surface area contributed by atoms with Gasteiger partial charge in [-0.3, -0.25) is 9.59 Å². The van der Waals surface area contributed by atoms with Crippen molar-refractivity contribution in [2.24, 2.45) is 11.0 Å². The Balaban J connectivity index is 1.37. The SMILES string of the molecule is C/C(=N/NC(=O)c1ccc(-c2ccccc2)cc1)c1cccc(NC(=O)C2CCCCC2)c1. The maximum absolute atomic E-state index is 12.5. The van der Waals surface area contributed by atoms with E-state index in [1.54, 1.807) is 12.1 Å². The lowest BCUT2D eigenvalue weighted by molar-refractivity contribution is -0.120. The van der Waals surface area contributed by atoms with Gasteiger partial charge in [0.15, 0.2) is 0 Å². The fourth-order valence-corrected chi connectivity index (χ4v) is 4.14. The van der Waals surface area contributed by atoms with Crippen molar-refractivity contribution in [1.82, 2.24) is 5.43 Å². The van der Waals surface area contributed by atoms with Gasteiger partial charge in [-0.15, -0.1) is 0 Å². The van der Waals surface area contributed by atoms with Gasteiger partial charge >= 0.3 is 0 Å². The molecule has 0 bridgehead atoms. The van der Waals surface area contributed by atoms with E-state index in [-0.39, 0.29) is 17.7 Å². The first-order chi connectivity index (χ1) is 16.1. The van der Waals surface area contributed by atoms with Crippen LogP contribution in [0.15, 0.2) is 84.0 Å². The molecule has 2 N–H and O–H groups in total. The molecule has 168 valence electrons. The summed E-state index contributed by atoms with van der Waals surface area (Å²) in [5.74, 6) is -0.0749. The quantitative estimate of drug-likeness (QED) is 0.364. The number of amides is 2. The minimum Gasteiger partial charge on any atom is -0.326 e. The fourth-order valence-electron chi connectivity index (χ4n) is 4.14. The molecule has 1 fully saturated rings. The van der Waals surface area contributed by atoms with E-state index in [0.29, 0.717) is 11.3 Å². The summed E-state index contributed by atoms with van der Waals surface area (Å²) in [5, 5.41) is 7.30. The number of hydrogen-bond donors (Lipinski definition) is 2. The van der Waals surface area contributed by atoms with E-state index in [9.17, 15) is 9.59 Å². The normalized spacial score (nSPS) is 14.5. The van der Waals surface area contributed by atoms with Gasteiger partial charge in [0.25, 0.3) is 5.91 Å². The van der Waals surface area contributed by atoms with Gasteiger partial charge in [-0.25, -0.2) is 5.43 Å². The lowest BCUT2D eigenvalue weighted by Crippen LogP contribution is -2.24. The molecule has 0 radical (unpaired) electrons. The first kappa shape index (κ1) is 22.5. The van der Waals surface area contributed by atoms with Crippen LogP contribution in [-0.2, 0) is 4.79 Å². The molecule has 4 rings (SSSR count). The predicted molar refractivity (Wildman–Crippen MR) is 133 cm³/mol. The largest absolute Gasteiger partial charge is 0.326 e. The van der Waals surface area contributed by atoms with Gasteiger partial charge in [-0.1, -0.05) is 73.9 Å². The predicted octanol–water partition coefficient (Wildman–Crippen LogP) is 6.03. The molecule has 0 atom stereocenters. The lowest BCUT2D eigenvalue weighted by atomic mass is 9.88. The Bertz CT molecular complexity index is 1130. The van der Waals surface area contributed by atoms with Crippen molar-refractivity contribution >= 4 is 23.2 Å². The van der Waals surface area contributed by atoms with E-state index in [4.69, 9.17) is 0 Å². The Hall–Kier alpha value is -3.73. The van der Waals surface area contributed by atoms with E-state index in [0.717, 1.165) is 48.1 Å². The highest BCUT2D eigenvalue weighted by molar-refractivity contribution is 6.02. The molecule has 1 saturated carbocycles. The summed E-state index contributed by atoms with van der Waals surface area (Å²) in [4.78, 5) is 25.1. The van der Waals surface area contributed by atoms with Crippen LogP contribution in [0, 0.1) is 5.92 Å². The van der Waals surface area contributed by atoms with E-state index in [1.165, 1.54) is 6.42 Å². The number of nitrogens with one attached hydrogen (secondary N) is 2. The van der Waals surface area contributed by atoms with Crippen LogP contribution in [0.25, 0.3) is 11.1 Å². The second-order valence-electron chi connectivity index (χ2n) is 8.49. The van der Waals surface area contributed by atoms with Crippen LogP contribution >= 0.6 is 0 Å². The minimum absolute atomic E-state index is 0.0914. The molecule has 33 heavy (non-hydrogen) atoms. The molecule has 0 aromatic heterocycles. The van der Waals surface area contributed by atoms with Crippen molar-refractivity contribution < 1.29 is 9.59 Å². The molecule has 0 heterocycles. The van der Waals surface area contributed by atoms with Gasteiger partial charge in [-0.05, 0) is 60.7 Å². The maximum atomic E-state index is 12.5. The van der Waals surface area contributed by atoms with E-state index in [1.807, 2.05) is 73.7 Å². The first-order valence-corrected chi connectivity index (χ1v) is 11.5. The summed E-state index contributed by atoms with van der Waals surface area (Å²) in [5.41, 5.74) is 7.59. The summed E-state index contributed by atoms with van der Waals surface area (Å²) in [7, 11) is 0. The molecular weight excluding hydrogens is 410 g/mol.